The van der Waals surface area contributed by atoms with E-state index in [1.165, 1.54) is 5.56 Å². The Hall–Kier alpha value is -2.04. The predicted molar refractivity (Wildman–Crippen MR) is 117 cm³/mol. The van der Waals surface area contributed by atoms with Crippen LogP contribution in [0.15, 0.2) is 41.4 Å². The summed E-state index contributed by atoms with van der Waals surface area (Å²) in [6.45, 7) is 13.6. The minimum Gasteiger partial charge on any atom is -0.353 e. The summed E-state index contributed by atoms with van der Waals surface area (Å²) in [4.78, 5) is 9.92. The summed E-state index contributed by atoms with van der Waals surface area (Å²) in [6, 6.07) is 12.3. The topological polar surface area (TPSA) is 30.9 Å². The Balaban J connectivity index is 0.00000102. The lowest BCUT2D eigenvalue weighted by Crippen LogP contribution is -2.48. The van der Waals surface area contributed by atoms with Gasteiger partial charge in [-0.25, -0.2) is 4.99 Å². The molecule has 0 aliphatic carbocycles. The van der Waals surface area contributed by atoms with Crippen LogP contribution in [0.5, 0.6) is 0 Å². The van der Waals surface area contributed by atoms with Gasteiger partial charge < -0.3 is 15.1 Å². The van der Waals surface area contributed by atoms with Gasteiger partial charge in [-0.2, -0.15) is 0 Å². The van der Waals surface area contributed by atoms with Crippen molar-refractivity contribution in [2.75, 3.05) is 38.0 Å². The van der Waals surface area contributed by atoms with Crippen LogP contribution in [0.2, 0.25) is 5.02 Å². The van der Waals surface area contributed by atoms with Crippen LogP contribution in [-0.4, -0.2) is 48.4 Å². The molecule has 1 saturated heterocycles. The number of piperazine rings is 1. The number of likely N-dealkylation sites (N-methyl/N-ethyl adjacent to an activating group) is 1. The van der Waals surface area contributed by atoms with E-state index in [1.54, 1.807) is 0 Å². The van der Waals surface area contributed by atoms with Gasteiger partial charge in [-0.05, 0) is 43.3 Å². The van der Waals surface area contributed by atoms with Crippen molar-refractivity contribution < 1.29 is 0 Å². The van der Waals surface area contributed by atoms with E-state index in [-0.39, 0.29) is 0 Å². The van der Waals surface area contributed by atoms with Crippen LogP contribution in [0.4, 0.5) is 17.1 Å². The first kappa shape index (κ1) is 19.7. The Labute approximate surface area is 167 Å². The Morgan fingerprint density at radius 1 is 1.07 bits per heavy atom. The molecule has 5 heteroatoms. The number of nitrogens with one attached hydrogen (secondary N) is 1. The third kappa shape index (κ3) is 4.12. The first-order valence-corrected chi connectivity index (χ1v) is 10.3. The highest BCUT2D eigenvalue weighted by Crippen LogP contribution is 2.37. The molecule has 2 aromatic rings. The van der Waals surface area contributed by atoms with Gasteiger partial charge in [0, 0.05) is 36.8 Å². The molecule has 4 rings (SSSR count). The van der Waals surface area contributed by atoms with E-state index in [0.29, 0.717) is 5.02 Å². The molecule has 2 heterocycles. The van der Waals surface area contributed by atoms with Gasteiger partial charge in [-0.15, -0.1) is 0 Å². The molecule has 2 aliphatic rings. The Morgan fingerprint density at radius 2 is 1.81 bits per heavy atom. The highest BCUT2D eigenvalue weighted by atomic mass is 35.5. The summed E-state index contributed by atoms with van der Waals surface area (Å²) >= 11 is 6.23. The molecule has 0 radical (unpaired) electrons. The van der Waals surface area contributed by atoms with Crippen molar-refractivity contribution in [3.8, 4) is 0 Å². The molecule has 27 heavy (non-hydrogen) atoms. The minimum atomic E-state index is 0.710. The zero-order chi connectivity index (χ0) is 19.4. The molecule has 0 spiro atoms. The van der Waals surface area contributed by atoms with Crippen LogP contribution in [0.25, 0.3) is 0 Å². The Bertz CT molecular complexity index is 823. The van der Waals surface area contributed by atoms with E-state index in [0.717, 1.165) is 61.2 Å². The van der Waals surface area contributed by atoms with Crippen LogP contribution in [0.3, 0.4) is 0 Å². The van der Waals surface area contributed by atoms with Gasteiger partial charge in [0.2, 0.25) is 0 Å². The van der Waals surface area contributed by atoms with Gasteiger partial charge in [-0.3, -0.25) is 0 Å². The molecule has 0 saturated carbocycles. The fourth-order valence-corrected chi connectivity index (χ4v) is 3.72. The lowest BCUT2D eigenvalue weighted by molar-refractivity contribution is 0.190. The fourth-order valence-electron chi connectivity index (χ4n) is 3.55. The fraction of sp³-hybridized carbons (Fsp3) is 0.409. The zero-order valence-corrected chi connectivity index (χ0v) is 17.5. The van der Waals surface area contributed by atoms with Gasteiger partial charge in [0.05, 0.1) is 17.1 Å². The number of fused-ring (bicyclic) bond motifs is 2. The van der Waals surface area contributed by atoms with E-state index >= 15 is 0 Å². The molecule has 2 aromatic carbocycles. The number of amidine groups is 1. The largest absolute Gasteiger partial charge is 0.353 e. The average molecular weight is 385 g/mol. The number of hydrogen-bond acceptors (Lipinski definition) is 4. The second-order valence-electron chi connectivity index (χ2n) is 6.64. The highest BCUT2D eigenvalue weighted by Gasteiger charge is 2.25. The first-order valence-electron chi connectivity index (χ1n) is 9.88. The molecule has 2 aliphatic heterocycles. The number of nitrogens with zero attached hydrogens (tertiary/aromatic N) is 3. The summed E-state index contributed by atoms with van der Waals surface area (Å²) in [5, 5.41) is 4.29. The molecule has 1 N–H and O–H groups in total. The van der Waals surface area contributed by atoms with Gasteiger partial charge in [0.1, 0.15) is 5.84 Å². The molecule has 0 unspecified atom stereocenters. The van der Waals surface area contributed by atoms with Crippen LogP contribution < -0.4 is 5.32 Å². The Kier molecular flexibility index (Phi) is 6.40. The van der Waals surface area contributed by atoms with Crippen LogP contribution >= 0.6 is 11.6 Å². The lowest BCUT2D eigenvalue weighted by Gasteiger charge is -2.36. The van der Waals surface area contributed by atoms with Gasteiger partial charge in [-0.1, -0.05) is 44.5 Å². The van der Waals surface area contributed by atoms with Crippen molar-refractivity contribution >= 4 is 34.5 Å². The second kappa shape index (κ2) is 8.77. The number of benzene rings is 2. The van der Waals surface area contributed by atoms with Crippen LogP contribution in [0, 0.1) is 6.92 Å². The van der Waals surface area contributed by atoms with E-state index in [1.807, 2.05) is 32.0 Å². The van der Waals surface area contributed by atoms with Crippen molar-refractivity contribution in [3.63, 3.8) is 0 Å². The number of aliphatic imine (C=N–C) groups is 1. The third-order valence-electron chi connectivity index (χ3n) is 5.08. The van der Waals surface area contributed by atoms with Crippen molar-refractivity contribution in [2.45, 2.75) is 27.7 Å². The summed E-state index contributed by atoms with van der Waals surface area (Å²) in [5.74, 6) is 1.04. The lowest BCUT2D eigenvalue weighted by atomic mass is 10.1. The number of hydrogen-bond donors (Lipinski definition) is 1. The standard InChI is InChI=1S/C20H23ClN4.C2H6/c1-3-24-9-11-25(12-10-24)20-16-6-4-5-14(2)19(16)22-17-8-7-15(21)13-18(17)23-20;1-2/h4-8,13,22H,3,9-12H2,1-2H3;1-2H3. The average Bonchev–Trinajstić information content (AvgIpc) is 2.87. The predicted octanol–water partition coefficient (Wildman–Crippen LogP) is 5.45. The molecule has 1 fully saturated rings. The summed E-state index contributed by atoms with van der Waals surface area (Å²) in [7, 11) is 0. The number of para-hydroxylation sites is 1. The smallest absolute Gasteiger partial charge is 0.138 e. The van der Waals surface area contributed by atoms with E-state index in [4.69, 9.17) is 16.6 Å². The second-order valence-corrected chi connectivity index (χ2v) is 7.08. The maximum Gasteiger partial charge on any atom is 0.138 e. The van der Waals surface area contributed by atoms with Crippen molar-refractivity contribution in [1.82, 2.24) is 9.80 Å². The van der Waals surface area contributed by atoms with Crippen LogP contribution in [0.1, 0.15) is 31.9 Å². The minimum absolute atomic E-state index is 0.710. The number of aryl methyl sites for hydroxylation is 1. The molecule has 0 atom stereocenters. The Morgan fingerprint density at radius 3 is 2.52 bits per heavy atom. The SMILES string of the molecule is CC.CCN1CCN(C2=Nc3cc(Cl)ccc3Nc3c(C)cccc32)CC1. The van der Waals surface area contributed by atoms with Gasteiger partial charge in [0.25, 0.3) is 0 Å². The molecule has 0 amide bonds. The molecule has 0 bridgehead atoms. The van der Waals surface area contributed by atoms with Gasteiger partial charge >= 0.3 is 0 Å². The first-order chi connectivity index (χ1) is 13.2. The highest BCUT2D eigenvalue weighted by molar-refractivity contribution is 6.31. The molecule has 0 aromatic heterocycles. The van der Waals surface area contributed by atoms with Crippen LogP contribution in [-0.2, 0) is 0 Å². The van der Waals surface area contributed by atoms with Crippen molar-refractivity contribution in [3.05, 3.63) is 52.5 Å². The van der Waals surface area contributed by atoms with Crippen molar-refractivity contribution in [2.24, 2.45) is 4.99 Å². The zero-order valence-electron chi connectivity index (χ0n) is 16.7. The van der Waals surface area contributed by atoms with Gasteiger partial charge in [0.15, 0.2) is 0 Å². The van der Waals surface area contributed by atoms with E-state index < -0.39 is 0 Å². The monoisotopic (exact) mass is 384 g/mol. The molecular formula is C22H29ClN4. The van der Waals surface area contributed by atoms with E-state index in [9.17, 15) is 0 Å². The number of anilines is 2. The number of rotatable bonds is 1. The van der Waals surface area contributed by atoms with E-state index in [2.05, 4.69) is 47.2 Å². The normalized spacial score (nSPS) is 16.2. The molecular weight excluding hydrogens is 356 g/mol. The van der Waals surface area contributed by atoms with Crippen molar-refractivity contribution in [1.29, 1.82) is 0 Å². The quantitative estimate of drug-likeness (QED) is 0.709. The maximum absolute atomic E-state index is 6.23. The molecule has 4 nitrogen and oxygen atoms in total. The molecule has 144 valence electrons. The maximum atomic E-state index is 6.23. The number of halogens is 1. The summed E-state index contributed by atoms with van der Waals surface area (Å²) in [5.41, 5.74) is 5.43. The summed E-state index contributed by atoms with van der Waals surface area (Å²) in [6.07, 6.45) is 0. The third-order valence-corrected chi connectivity index (χ3v) is 5.31. The summed E-state index contributed by atoms with van der Waals surface area (Å²) < 4.78 is 0.